The van der Waals surface area contributed by atoms with Crippen LogP contribution in [-0.4, -0.2) is 4.92 Å². The van der Waals surface area contributed by atoms with Crippen LogP contribution in [0.25, 0.3) is 0 Å². The Hall–Kier alpha value is -2.29. The van der Waals surface area contributed by atoms with Crippen LogP contribution in [0.2, 0.25) is 10.0 Å². The molecule has 0 radical (unpaired) electrons. The minimum absolute atomic E-state index is 0.0880. The first kappa shape index (κ1) is 15.1. The van der Waals surface area contributed by atoms with Gasteiger partial charge in [0.05, 0.1) is 26.6 Å². The number of nitro benzene ring substituents is 1. The molecule has 106 valence electrons. The molecule has 0 heterocycles. The number of benzene rings is 2. The van der Waals surface area contributed by atoms with E-state index in [-0.39, 0.29) is 23.6 Å². The molecule has 0 spiro atoms. The molecule has 2 aromatic carbocycles. The van der Waals surface area contributed by atoms with Crippen molar-refractivity contribution in [3.63, 3.8) is 0 Å². The van der Waals surface area contributed by atoms with Gasteiger partial charge in [-0.1, -0.05) is 29.3 Å². The van der Waals surface area contributed by atoms with Gasteiger partial charge in [0.25, 0.3) is 0 Å². The highest BCUT2D eigenvalue weighted by atomic mass is 35.5. The Balaban J connectivity index is 2.21. The summed E-state index contributed by atoms with van der Waals surface area (Å²) in [5, 5.41) is 20.5. The maximum Gasteiger partial charge on any atom is 0.312 e. The van der Waals surface area contributed by atoms with Gasteiger partial charge in [-0.25, -0.2) is 0 Å². The van der Waals surface area contributed by atoms with Crippen LogP contribution in [0.3, 0.4) is 0 Å². The van der Waals surface area contributed by atoms with Gasteiger partial charge in [0, 0.05) is 6.07 Å². The molecule has 0 N–H and O–H groups in total. The molecule has 5 nitrogen and oxygen atoms in total. The fourth-order valence-corrected chi connectivity index (χ4v) is 1.96. The largest absolute Gasteiger partial charge is 0.482 e. The number of halogens is 2. The Morgan fingerprint density at radius 1 is 1.19 bits per heavy atom. The van der Waals surface area contributed by atoms with E-state index in [2.05, 4.69) is 0 Å². The Kier molecular flexibility index (Phi) is 4.63. The van der Waals surface area contributed by atoms with E-state index >= 15 is 0 Å². The van der Waals surface area contributed by atoms with Crippen LogP contribution in [0.4, 0.5) is 5.69 Å². The molecule has 0 atom stereocenters. The molecule has 0 amide bonds. The third-order valence-electron chi connectivity index (χ3n) is 2.66. The van der Waals surface area contributed by atoms with Crippen LogP contribution in [0.1, 0.15) is 11.1 Å². The molecular formula is C14H8Cl2N2O3. The maximum absolute atomic E-state index is 11.0. The van der Waals surface area contributed by atoms with Gasteiger partial charge < -0.3 is 4.74 Å². The summed E-state index contributed by atoms with van der Waals surface area (Å²) in [6, 6.07) is 10.8. The average Bonchev–Trinajstić information content (AvgIpc) is 2.48. The lowest BCUT2D eigenvalue weighted by atomic mass is 10.2. The molecule has 0 fully saturated rings. The van der Waals surface area contributed by atoms with Crippen molar-refractivity contribution in [1.29, 1.82) is 5.26 Å². The first-order chi connectivity index (χ1) is 10.0. The van der Waals surface area contributed by atoms with Crippen LogP contribution in [0.5, 0.6) is 5.75 Å². The topological polar surface area (TPSA) is 76.2 Å². The summed E-state index contributed by atoms with van der Waals surface area (Å²) < 4.78 is 5.43. The molecule has 0 unspecified atom stereocenters. The standard InChI is InChI=1S/C14H8Cl2N2O3/c15-11-3-1-10(5-12(11)16)8-21-14-4-2-9(7-17)6-13(14)18(19)20/h1-6H,8H2. The molecule has 0 saturated carbocycles. The average molecular weight is 323 g/mol. The first-order valence-corrected chi connectivity index (χ1v) is 6.52. The normalized spacial score (nSPS) is 9.95. The predicted molar refractivity (Wildman–Crippen MR) is 78.6 cm³/mol. The smallest absolute Gasteiger partial charge is 0.312 e. The van der Waals surface area contributed by atoms with Crippen molar-refractivity contribution in [1.82, 2.24) is 0 Å². The van der Waals surface area contributed by atoms with Crippen molar-refractivity contribution >= 4 is 28.9 Å². The molecule has 0 aliphatic carbocycles. The van der Waals surface area contributed by atoms with E-state index in [1.165, 1.54) is 18.2 Å². The van der Waals surface area contributed by atoms with Crippen molar-refractivity contribution in [2.24, 2.45) is 0 Å². The van der Waals surface area contributed by atoms with Gasteiger partial charge in [0.1, 0.15) is 6.61 Å². The van der Waals surface area contributed by atoms with E-state index in [0.29, 0.717) is 10.0 Å². The predicted octanol–water partition coefficient (Wildman–Crippen LogP) is 4.35. The van der Waals surface area contributed by atoms with Gasteiger partial charge in [-0.2, -0.15) is 5.26 Å². The van der Waals surface area contributed by atoms with Crippen LogP contribution in [-0.2, 0) is 6.61 Å². The number of nitro groups is 1. The van der Waals surface area contributed by atoms with E-state index in [4.69, 9.17) is 33.2 Å². The Morgan fingerprint density at radius 3 is 2.57 bits per heavy atom. The zero-order valence-corrected chi connectivity index (χ0v) is 12.1. The lowest BCUT2D eigenvalue weighted by Crippen LogP contribution is -1.99. The molecule has 0 bridgehead atoms. The van der Waals surface area contributed by atoms with Gasteiger partial charge in [-0.05, 0) is 29.8 Å². The van der Waals surface area contributed by atoms with Crippen LogP contribution in [0.15, 0.2) is 36.4 Å². The number of nitrogens with zero attached hydrogens (tertiary/aromatic N) is 2. The second kappa shape index (κ2) is 6.44. The Labute approximate surface area is 130 Å². The summed E-state index contributed by atoms with van der Waals surface area (Å²) in [5.41, 5.74) is 0.667. The van der Waals surface area contributed by atoms with E-state index in [0.717, 1.165) is 5.56 Å². The van der Waals surface area contributed by atoms with E-state index in [1.807, 2.05) is 6.07 Å². The zero-order chi connectivity index (χ0) is 15.4. The van der Waals surface area contributed by atoms with Crippen LogP contribution < -0.4 is 4.74 Å². The van der Waals surface area contributed by atoms with Crippen molar-refractivity contribution in [2.75, 3.05) is 0 Å². The second-order valence-electron chi connectivity index (χ2n) is 4.09. The van der Waals surface area contributed by atoms with E-state index in [1.54, 1.807) is 18.2 Å². The van der Waals surface area contributed by atoms with Gasteiger partial charge in [0.2, 0.25) is 0 Å². The summed E-state index contributed by atoms with van der Waals surface area (Å²) in [5.74, 6) is 0.0880. The molecule has 0 aromatic heterocycles. The second-order valence-corrected chi connectivity index (χ2v) is 4.90. The minimum Gasteiger partial charge on any atom is -0.482 e. The summed E-state index contributed by atoms with van der Waals surface area (Å²) in [6.45, 7) is 0.101. The molecule has 0 aliphatic heterocycles. The number of ether oxygens (including phenoxy) is 1. The lowest BCUT2D eigenvalue weighted by Gasteiger charge is -2.08. The van der Waals surface area contributed by atoms with Gasteiger partial charge in [-0.3, -0.25) is 10.1 Å². The van der Waals surface area contributed by atoms with Crippen LogP contribution >= 0.6 is 23.2 Å². The molecule has 7 heteroatoms. The molecule has 21 heavy (non-hydrogen) atoms. The fourth-order valence-electron chi connectivity index (χ4n) is 1.64. The van der Waals surface area contributed by atoms with E-state index in [9.17, 15) is 10.1 Å². The summed E-state index contributed by atoms with van der Waals surface area (Å²) >= 11 is 11.7. The summed E-state index contributed by atoms with van der Waals surface area (Å²) in [6.07, 6.45) is 0. The monoisotopic (exact) mass is 322 g/mol. The van der Waals surface area contributed by atoms with Crippen molar-refractivity contribution in [2.45, 2.75) is 6.61 Å². The Morgan fingerprint density at radius 2 is 1.95 bits per heavy atom. The zero-order valence-electron chi connectivity index (χ0n) is 10.5. The number of rotatable bonds is 4. The molecule has 2 rings (SSSR count). The Bertz CT molecular complexity index is 741. The van der Waals surface area contributed by atoms with Crippen molar-refractivity contribution in [3.05, 3.63) is 67.7 Å². The van der Waals surface area contributed by atoms with Gasteiger partial charge in [-0.15, -0.1) is 0 Å². The number of hydrogen-bond donors (Lipinski definition) is 0. The quantitative estimate of drug-likeness (QED) is 0.619. The van der Waals surface area contributed by atoms with Crippen molar-refractivity contribution < 1.29 is 9.66 Å². The highest BCUT2D eigenvalue weighted by molar-refractivity contribution is 6.42. The first-order valence-electron chi connectivity index (χ1n) is 5.76. The SMILES string of the molecule is N#Cc1ccc(OCc2ccc(Cl)c(Cl)c2)c([N+](=O)[O-])c1. The van der Waals surface area contributed by atoms with Gasteiger partial charge in [0.15, 0.2) is 5.75 Å². The van der Waals surface area contributed by atoms with Crippen molar-refractivity contribution in [3.8, 4) is 11.8 Å². The third-order valence-corrected chi connectivity index (χ3v) is 3.40. The molecule has 0 aliphatic rings. The van der Waals surface area contributed by atoms with E-state index < -0.39 is 4.92 Å². The molecule has 0 saturated heterocycles. The van der Waals surface area contributed by atoms with Gasteiger partial charge >= 0.3 is 5.69 Å². The number of nitriles is 1. The third kappa shape index (κ3) is 3.63. The molecule has 2 aromatic rings. The summed E-state index contributed by atoms with van der Waals surface area (Å²) in [7, 11) is 0. The minimum atomic E-state index is -0.592. The summed E-state index contributed by atoms with van der Waals surface area (Å²) in [4.78, 5) is 10.4. The van der Waals surface area contributed by atoms with Crippen LogP contribution in [0, 0.1) is 21.4 Å². The fraction of sp³-hybridized carbons (Fsp3) is 0.0714. The highest BCUT2D eigenvalue weighted by Crippen LogP contribution is 2.29. The molecular weight excluding hydrogens is 315 g/mol. The maximum atomic E-state index is 11.0. The number of hydrogen-bond acceptors (Lipinski definition) is 4. The lowest BCUT2D eigenvalue weighted by molar-refractivity contribution is -0.386. The highest BCUT2D eigenvalue weighted by Gasteiger charge is 2.16.